The van der Waals surface area contributed by atoms with E-state index in [4.69, 9.17) is 0 Å². The topological polar surface area (TPSA) is 0 Å². The molecule has 1 fully saturated rings. The molecule has 0 nitrogen and oxygen atoms in total. The molecular formula is C8H15F. The molecule has 0 aliphatic heterocycles. The summed E-state index contributed by atoms with van der Waals surface area (Å²) in [5, 5.41) is 0. The zero-order chi connectivity index (χ0) is 7.07. The van der Waals surface area contributed by atoms with Crippen LogP contribution in [0.4, 0.5) is 4.39 Å². The van der Waals surface area contributed by atoms with Crippen molar-refractivity contribution in [1.29, 1.82) is 0 Å². The van der Waals surface area contributed by atoms with E-state index in [-0.39, 0.29) is 5.92 Å². The fourth-order valence-electron chi connectivity index (χ4n) is 1.57. The van der Waals surface area contributed by atoms with Crippen molar-refractivity contribution in [3.8, 4) is 0 Å². The van der Waals surface area contributed by atoms with Crippen LogP contribution in [0.2, 0.25) is 0 Å². The standard InChI is InChI=1S/C8H15F/c1-6(2)8(9)5-4-7(8)3/h6-7H,4-5H2,1-3H3. The van der Waals surface area contributed by atoms with Gasteiger partial charge in [-0.25, -0.2) is 4.39 Å². The van der Waals surface area contributed by atoms with Gasteiger partial charge in [-0.2, -0.15) is 0 Å². The van der Waals surface area contributed by atoms with Crippen molar-refractivity contribution in [2.45, 2.75) is 39.3 Å². The van der Waals surface area contributed by atoms with Gasteiger partial charge < -0.3 is 0 Å². The number of halogens is 1. The number of alkyl halides is 1. The van der Waals surface area contributed by atoms with Crippen LogP contribution in [0.25, 0.3) is 0 Å². The van der Waals surface area contributed by atoms with E-state index in [1.54, 1.807) is 0 Å². The van der Waals surface area contributed by atoms with Crippen LogP contribution in [0.15, 0.2) is 0 Å². The molecular weight excluding hydrogens is 115 g/mol. The lowest BCUT2D eigenvalue weighted by Crippen LogP contribution is -2.45. The van der Waals surface area contributed by atoms with Crippen LogP contribution in [-0.4, -0.2) is 5.67 Å². The van der Waals surface area contributed by atoms with Gasteiger partial charge in [-0.15, -0.1) is 0 Å². The predicted octanol–water partition coefficient (Wildman–Crippen LogP) is 2.78. The predicted molar refractivity (Wildman–Crippen MR) is 37.1 cm³/mol. The average Bonchev–Trinajstić information content (AvgIpc) is 1.82. The summed E-state index contributed by atoms with van der Waals surface area (Å²) in [6.07, 6.45) is 1.86. The van der Waals surface area contributed by atoms with E-state index >= 15 is 0 Å². The maximum absolute atomic E-state index is 13.4. The third kappa shape index (κ3) is 0.867. The lowest BCUT2D eigenvalue weighted by Gasteiger charge is -2.44. The quantitative estimate of drug-likeness (QED) is 0.512. The molecule has 0 heterocycles. The molecule has 0 N–H and O–H groups in total. The van der Waals surface area contributed by atoms with Crippen LogP contribution in [0.3, 0.4) is 0 Å². The Kier molecular flexibility index (Phi) is 1.54. The Hall–Kier alpha value is -0.0700. The summed E-state index contributed by atoms with van der Waals surface area (Å²) in [5.74, 6) is 0.513. The largest absolute Gasteiger partial charge is 0.243 e. The highest BCUT2D eigenvalue weighted by Gasteiger charge is 2.46. The lowest BCUT2D eigenvalue weighted by atomic mass is 9.66. The van der Waals surface area contributed by atoms with Crippen molar-refractivity contribution in [1.82, 2.24) is 0 Å². The lowest BCUT2D eigenvalue weighted by molar-refractivity contribution is -0.0458. The average molecular weight is 130 g/mol. The Bertz CT molecular complexity index is 102. The zero-order valence-corrected chi connectivity index (χ0v) is 6.45. The smallest absolute Gasteiger partial charge is 0.115 e. The molecule has 54 valence electrons. The van der Waals surface area contributed by atoms with Crippen molar-refractivity contribution in [2.24, 2.45) is 11.8 Å². The molecule has 2 atom stereocenters. The summed E-state index contributed by atoms with van der Waals surface area (Å²) < 4.78 is 13.4. The zero-order valence-electron chi connectivity index (χ0n) is 6.45. The maximum atomic E-state index is 13.4. The molecule has 1 heteroatoms. The van der Waals surface area contributed by atoms with Crippen LogP contribution in [0.1, 0.15) is 33.6 Å². The molecule has 1 aliphatic carbocycles. The highest BCUT2D eigenvalue weighted by Crippen LogP contribution is 2.46. The molecule has 2 unspecified atom stereocenters. The molecule has 1 saturated carbocycles. The van der Waals surface area contributed by atoms with Gasteiger partial charge in [0.05, 0.1) is 0 Å². The molecule has 0 amide bonds. The third-order valence-corrected chi connectivity index (χ3v) is 2.74. The molecule has 1 aliphatic rings. The second-order valence-corrected chi connectivity index (χ2v) is 3.52. The summed E-state index contributed by atoms with van der Waals surface area (Å²) in [5.41, 5.74) is -0.819. The Balaban J connectivity index is 2.53. The first-order valence-electron chi connectivity index (χ1n) is 3.76. The van der Waals surface area contributed by atoms with Crippen molar-refractivity contribution in [3.05, 3.63) is 0 Å². The number of rotatable bonds is 1. The molecule has 0 aromatic rings. The van der Waals surface area contributed by atoms with Gasteiger partial charge in [0.1, 0.15) is 5.67 Å². The SMILES string of the molecule is CC(C)C1(F)CCC1C. The molecule has 0 radical (unpaired) electrons. The Labute approximate surface area is 56.5 Å². The first-order valence-corrected chi connectivity index (χ1v) is 3.76. The fraction of sp³-hybridized carbons (Fsp3) is 1.00. The Morgan fingerprint density at radius 1 is 1.56 bits per heavy atom. The monoisotopic (exact) mass is 130 g/mol. The highest BCUT2D eigenvalue weighted by molar-refractivity contribution is 4.96. The van der Waals surface area contributed by atoms with Gasteiger partial charge in [-0.1, -0.05) is 20.8 Å². The minimum atomic E-state index is -0.819. The van der Waals surface area contributed by atoms with Crippen molar-refractivity contribution < 1.29 is 4.39 Å². The van der Waals surface area contributed by atoms with Crippen LogP contribution in [0, 0.1) is 11.8 Å². The second-order valence-electron chi connectivity index (χ2n) is 3.52. The molecule has 1 rings (SSSR count). The minimum Gasteiger partial charge on any atom is -0.243 e. The third-order valence-electron chi connectivity index (χ3n) is 2.74. The molecule has 0 aromatic heterocycles. The van der Waals surface area contributed by atoms with E-state index < -0.39 is 5.67 Å². The van der Waals surface area contributed by atoms with Crippen LogP contribution < -0.4 is 0 Å². The fourth-order valence-corrected chi connectivity index (χ4v) is 1.57. The molecule has 0 aromatic carbocycles. The molecule has 0 saturated heterocycles. The maximum Gasteiger partial charge on any atom is 0.115 e. The number of hydrogen-bond donors (Lipinski definition) is 0. The van der Waals surface area contributed by atoms with Gasteiger partial charge in [-0.3, -0.25) is 0 Å². The van der Waals surface area contributed by atoms with Gasteiger partial charge in [0.15, 0.2) is 0 Å². The minimum absolute atomic E-state index is 0.209. The van der Waals surface area contributed by atoms with Gasteiger partial charge in [0.25, 0.3) is 0 Å². The van der Waals surface area contributed by atoms with Gasteiger partial charge in [0, 0.05) is 0 Å². The van der Waals surface area contributed by atoms with E-state index in [0.29, 0.717) is 5.92 Å². The highest BCUT2D eigenvalue weighted by atomic mass is 19.1. The first kappa shape index (κ1) is 7.04. The van der Waals surface area contributed by atoms with Gasteiger partial charge in [-0.05, 0) is 24.7 Å². The summed E-state index contributed by atoms with van der Waals surface area (Å²) in [4.78, 5) is 0. The molecule has 0 bridgehead atoms. The van der Waals surface area contributed by atoms with E-state index in [2.05, 4.69) is 0 Å². The molecule has 0 spiro atoms. The van der Waals surface area contributed by atoms with Gasteiger partial charge in [0.2, 0.25) is 0 Å². The normalized spacial score (nSPS) is 43.0. The van der Waals surface area contributed by atoms with Gasteiger partial charge >= 0.3 is 0 Å². The first-order chi connectivity index (χ1) is 4.07. The Morgan fingerprint density at radius 3 is 2.11 bits per heavy atom. The summed E-state index contributed by atoms with van der Waals surface area (Å²) >= 11 is 0. The Morgan fingerprint density at radius 2 is 2.11 bits per heavy atom. The van der Waals surface area contributed by atoms with Crippen molar-refractivity contribution in [3.63, 3.8) is 0 Å². The second kappa shape index (κ2) is 1.96. The van der Waals surface area contributed by atoms with Crippen LogP contribution in [0.5, 0.6) is 0 Å². The summed E-state index contributed by atoms with van der Waals surface area (Å²) in [6.45, 7) is 5.94. The van der Waals surface area contributed by atoms with E-state index in [0.717, 1.165) is 12.8 Å². The van der Waals surface area contributed by atoms with Crippen molar-refractivity contribution >= 4 is 0 Å². The summed E-state index contributed by atoms with van der Waals surface area (Å²) in [7, 11) is 0. The van der Waals surface area contributed by atoms with Crippen molar-refractivity contribution in [2.75, 3.05) is 0 Å². The van der Waals surface area contributed by atoms with Crippen LogP contribution >= 0.6 is 0 Å². The van der Waals surface area contributed by atoms with E-state index in [1.165, 1.54) is 0 Å². The van der Waals surface area contributed by atoms with E-state index in [1.807, 2.05) is 20.8 Å². The van der Waals surface area contributed by atoms with Crippen LogP contribution in [-0.2, 0) is 0 Å². The summed E-state index contributed by atoms with van der Waals surface area (Å²) in [6, 6.07) is 0. The molecule has 9 heavy (non-hydrogen) atoms. The van der Waals surface area contributed by atoms with E-state index in [9.17, 15) is 4.39 Å². The number of hydrogen-bond acceptors (Lipinski definition) is 0.